The van der Waals surface area contributed by atoms with E-state index in [1.165, 1.54) is 6.20 Å². The Balaban J connectivity index is 1.93. The number of nitrogens with zero attached hydrogens (tertiary/aromatic N) is 2. The van der Waals surface area contributed by atoms with E-state index < -0.39 is 5.91 Å². The molecule has 3 aromatic rings. The van der Waals surface area contributed by atoms with E-state index in [1.54, 1.807) is 37.7 Å². The molecule has 2 N–H and O–H groups in total. The molecule has 0 fully saturated rings. The maximum Gasteiger partial charge on any atom is 0.266 e. The highest BCUT2D eigenvalue weighted by Gasteiger charge is 2.11. The highest BCUT2D eigenvalue weighted by atomic mass is 16.5. The van der Waals surface area contributed by atoms with Gasteiger partial charge in [0.05, 0.1) is 19.0 Å². The van der Waals surface area contributed by atoms with Crippen LogP contribution in [0.15, 0.2) is 54.5 Å². The number of rotatable bonds is 4. The van der Waals surface area contributed by atoms with Crippen molar-refractivity contribution in [3.8, 4) is 11.8 Å². The lowest BCUT2D eigenvalue weighted by Gasteiger charge is -2.03. The lowest BCUT2D eigenvalue weighted by atomic mass is 10.1. The van der Waals surface area contributed by atoms with Gasteiger partial charge < -0.3 is 15.0 Å². The van der Waals surface area contributed by atoms with Crippen molar-refractivity contribution in [2.75, 3.05) is 12.4 Å². The van der Waals surface area contributed by atoms with Gasteiger partial charge in [-0.1, -0.05) is 0 Å². The first-order valence-corrected chi connectivity index (χ1v) is 7.19. The summed E-state index contributed by atoms with van der Waals surface area (Å²) in [4.78, 5) is 19.3. The van der Waals surface area contributed by atoms with Gasteiger partial charge in [-0.05, 0) is 36.4 Å². The van der Waals surface area contributed by atoms with Gasteiger partial charge in [0.25, 0.3) is 5.91 Å². The van der Waals surface area contributed by atoms with Crippen molar-refractivity contribution in [3.63, 3.8) is 0 Å². The van der Waals surface area contributed by atoms with E-state index in [9.17, 15) is 10.1 Å². The van der Waals surface area contributed by atoms with Gasteiger partial charge in [0.1, 0.15) is 17.4 Å². The third-order valence-corrected chi connectivity index (χ3v) is 3.51. The molecule has 0 saturated carbocycles. The molecule has 1 aromatic carbocycles. The Morgan fingerprint density at radius 2 is 2.29 bits per heavy atom. The molecular formula is C18H14N4O2. The van der Waals surface area contributed by atoms with Crippen molar-refractivity contribution >= 4 is 28.6 Å². The molecule has 0 saturated heterocycles. The normalized spacial score (nSPS) is 11.1. The molecule has 6 nitrogen and oxygen atoms in total. The van der Waals surface area contributed by atoms with Crippen molar-refractivity contribution < 1.29 is 9.53 Å². The predicted molar refractivity (Wildman–Crippen MR) is 91.3 cm³/mol. The Morgan fingerprint density at radius 1 is 1.42 bits per heavy atom. The summed E-state index contributed by atoms with van der Waals surface area (Å²) in [5, 5.41) is 12.8. The number of nitriles is 1. The summed E-state index contributed by atoms with van der Waals surface area (Å²) in [5.41, 5.74) is 2.17. The zero-order chi connectivity index (χ0) is 16.9. The van der Waals surface area contributed by atoms with E-state index in [-0.39, 0.29) is 5.57 Å². The minimum absolute atomic E-state index is 0.00238. The first-order valence-electron chi connectivity index (χ1n) is 7.19. The highest BCUT2D eigenvalue weighted by Crippen LogP contribution is 2.25. The monoisotopic (exact) mass is 318 g/mol. The van der Waals surface area contributed by atoms with Crippen molar-refractivity contribution in [3.05, 3.63) is 60.1 Å². The zero-order valence-corrected chi connectivity index (χ0v) is 12.9. The number of aromatic nitrogens is 2. The van der Waals surface area contributed by atoms with Gasteiger partial charge in [-0.15, -0.1) is 0 Å². The summed E-state index contributed by atoms with van der Waals surface area (Å²) in [6, 6.07) is 10.9. The standard InChI is InChI=1S/C18H14N4O2/c1-24-15-4-5-17-16(8-15)13(10-21-17)7-12(9-19)18(23)22-14-3-2-6-20-11-14/h2-8,10-11,21H,1H3,(H,22,23). The SMILES string of the molecule is COc1ccc2[nH]cc(C=C(C#N)C(=O)Nc3cccnc3)c2c1. The number of fused-ring (bicyclic) bond motifs is 1. The summed E-state index contributed by atoms with van der Waals surface area (Å²) in [6.45, 7) is 0. The number of H-pyrrole nitrogens is 1. The van der Waals surface area contributed by atoms with Gasteiger partial charge in [-0.3, -0.25) is 9.78 Å². The number of carbonyl (C=O) groups is 1. The molecule has 2 aromatic heterocycles. The largest absolute Gasteiger partial charge is 0.497 e. The maximum absolute atomic E-state index is 12.3. The van der Waals surface area contributed by atoms with E-state index in [4.69, 9.17) is 4.74 Å². The van der Waals surface area contributed by atoms with Crippen LogP contribution in [0.5, 0.6) is 5.75 Å². The minimum atomic E-state index is -0.484. The van der Waals surface area contributed by atoms with Crippen molar-refractivity contribution in [2.24, 2.45) is 0 Å². The second kappa shape index (κ2) is 6.67. The molecule has 0 aliphatic heterocycles. The fraction of sp³-hybridized carbons (Fsp3) is 0.0556. The lowest BCUT2D eigenvalue weighted by Crippen LogP contribution is -2.13. The van der Waals surface area contributed by atoms with E-state index in [2.05, 4.69) is 15.3 Å². The van der Waals surface area contributed by atoms with Gasteiger partial charge in [-0.2, -0.15) is 5.26 Å². The number of amides is 1. The third-order valence-electron chi connectivity index (χ3n) is 3.51. The summed E-state index contributed by atoms with van der Waals surface area (Å²) in [6.07, 6.45) is 6.42. The number of hydrogen-bond donors (Lipinski definition) is 2. The van der Waals surface area contributed by atoms with Crippen LogP contribution in [-0.2, 0) is 4.79 Å². The molecule has 0 bridgehead atoms. The number of aromatic amines is 1. The lowest BCUT2D eigenvalue weighted by molar-refractivity contribution is -0.112. The molecule has 1 amide bonds. The highest BCUT2D eigenvalue weighted by molar-refractivity contribution is 6.10. The molecule has 3 rings (SSSR count). The molecule has 118 valence electrons. The summed E-state index contributed by atoms with van der Waals surface area (Å²) in [7, 11) is 1.59. The molecule has 6 heteroatoms. The summed E-state index contributed by atoms with van der Waals surface area (Å²) >= 11 is 0. The fourth-order valence-electron chi connectivity index (χ4n) is 2.31. The Labute approximate surface area is 138 Å². The van der Waals surface area contributed by atoms with Crippen molar-refractivity contribution in [1.82, 2.24) is 9.97 Å². The van der Waals surface area contributed by atoms with E-state index >= 15 is 0 Å². The molecule has 0 unspecified atom stereocenters. The van der Waals surface area contributed by atoms with Crippen LogP contribution >= 0.6 is 0 Å². The average molecular weight is 318 g/mol. The Bertz CT molecular complexity index is 952. The smallest absolute Gasteiger partial charge is 0.266 e. The fourth-order valence-corrected chi connectivity index (χ4v) is 2.31. The van der Waals surface area contributed by atoms with Gasteiger partial charge in [0.2, 0.25) is 0 Å². The van der Waals surface area contributed by atoms with Crippen LogP contribution in [0.1, 0.15) is 5.56 Å². The van der Waals surface area contributed by atoms with Crippen LogP contribution in [0.3, 0.4) is 0 Å². The molecular weight excluding hydrogens is 304 g/mol. The number of hydrogen-bond acceptors (Lipinski definition) is 4. The molecule has 0 aliphatic rings. The number of anilines is 1. The van der Waals surface area contributed by atoms with Crippen LogP contribution in [0, 0.1) is 11.3 Å². The molecule has 0 spiro atoms. The third kappa shape index (κ3) is 3.10. The first-order chi connectivity index (χ1) is 11.7. The van der Waals surface area contributed by atoms with Gasteiger partial charge in [0, 0.05) is 28.9 Å². The van der Waals surface area contributed by atoms with E-state index in [0.717, 1.165) is 16.5 Å². The quantitative estimate of drug-likeness (QED) is 0.571. The number of nitrogens with one attached hydrogen (secondary N) is 2. The topological polar surface area (TPSA) is 90.8 Å². The second-order valence-electron chi connectivity index (χ2n) is 5.02. The number of methoxy groups -OCH3 is 1. The second-order valence-corrected chi connectivity index (χ2v) is 5.02. The van der Waals surface area contributed by atoms with Gasteiger partial charge >= 0.3 is 0 Å². The molecule has 0 atom stereocenters. The molecule has 0 aliphatic carbocycles. The van der Waals surface area contributed by atoms with Gasteiger partial charge in [-0.25, -0.2) is 0 Å². The number of pyridine rings is 1. The number of benzene rings is 1. The van der Waals surface area contributed by atoms with Crippen LogP contribution in [0.25, 0.3) is 17.0 Å². The van der Waals surface area contributed by atoms with E-state index in [1.807, 2.05) is 24.3 Å². The van der Waals surface area contributed by atoms with Crippen LogP contribution in [-0.4, -0.2) is 23.0 Å². The van der Waals surface area contributed by atoms with Crippen LogP contribution < -0.4 is 10.1 Å². The van der Waals surface area contributed by atoms with Crippen molar-refractivity contribution in [2.45, 2.75) is 0 Å². The maximum atomic E-state index is 12.3. The summed E-state index contributed by atoms with van der Waals surface area (Å²) < 4.78 is 5.22. The predicted octanol–water partition coefficient (Wildman–Crippen LogP) is 3.12. The van der Waals surface area contributed by atoms with Crippen molar-refractivity contribution in [1.29, 1.82) is 5.26 Å². The summed E-state index contributed by atoms with van der Waals surface area (Å²) in [5.74, 6) is 0.220. The molecule has 0 radical (unpaired) electrons. The first kappa shape index (κ1) is 15.3. The number of carbonyl (C=O) groups excluding carboxylic acids is 1. The Hall–Kier alpha value is -3.59. The van der Waals surface area contributed by atoms with Crippen LogP contribution in [0.4, 0.5) is 5.69 Å². The zero-order valence-electron chi connectivity index (χ0n) is 12.9. The minimum Gasteiger partial charge on any atom is -0.497 e. The Kier molecular flexibility index (Phi) is 4.25. The Morgan fingerprint density at radius 3 is 3.00 bits per heavy atom. The average Bonchev–Trinajstić information content (AvgIpc) is 3.02. The molecule has 24 heavy (non-hydrogen) atoms. The van der Waals surface area contributed by atoms with Gasteiger partial charge in [0.15, 0.2) is 0 Å². The van der Waals surface area contributed by atoms with Crippen LogP contribution in [0.2, 0.25) is 0 Å². The number of ether oxygens (including phenoxy) is 1. The molecule has 2 heterocycles. The van der Waals surface area contributed by atoms with E-state index in [0.29, 0.717) is 11.4 Å².